The van der Waals surface area contributed by atoms with Gasteiger partial charge in [0.2, 0.25) is 5.91 Å². The molecular weight excluding hydrogens is 214 g/mol. The van der Waals surface area contributed by atoms with E-state index in [1.165, 1.54) is 12.8 Å². The molecule has 17 heavy (non-hydrogen) atoms. The lowest BCUT2D eigenvalue weighted by Crippen LogP contribution is -2.22. The number of para-hydroxylation sites is 2. The number of carbonyl (C=O) groups excluding carboxylic acids is 1. The predicted molar refractivity (Wildman–Crippen MR) is 68.1 cm³/mol. The molecule has 1 N–H and O–H groups in total. The summed E-state index contributed by atoms with van der Waals surface area (Å²) in [5, 5.41) is 2.95. The third-order valence-corrected chi connectivity index (χ3v) is 3.19. The fourth-order valence-corrected chi connectivity index (χ4v) is 1.91. The van der Waals surface area contributed by atoms with Gasteiger partial charge in [-0.05, 0) is 37.8 Å². The molecule has 3 nitrogen and oxygen atoms in total. The SMILES string of the molecule is CCOc1ccccc1NC(=O)C(C)C1CC1. The number of rotatable bonds is 5. The molecule has 92 valence electrons. The fourth-order valence-electron chi connectivity index (χ4n) is 1.91. The molecule has 1 amide bonds. The van der Waals surface area contributed by atoms with Crippen molar-refractivity contribution in [2.45, 2.75) is 26.7 Å². The molecule has 1 aromatic carbocycles. The van der Waals surface area contributed by atoms with Gasteiger partial charge in [-0.25, -0.2) is 0 Å². The molecule has 0 spiro atoms. The highest BCUT2D eigenvalue weighted by atomic mass is 16.5. The smallest absolute Gasteiger partial charge is 0.227 e. The second kappa shape index (κ2) is 5.21. The second-order valence-electron chi connectivity index (χ2n) is 4.54. The first kappa shape index (κ1) is 12.0. The summed E-state index contributed by atoms with van der Waals surface area (Å²) >= 11 is 0. The Morgan fingerprint density at radius 3 is 2.82 bits per heavy atom. The van der Waals surface area contributed by atoms with Crippen molar-refractivity contribution in [3.63, 3.8) is 0 Å². The summed E-state index contributed by atoms with van der Waals surface area (Å²) in [5.74, 6) is 1.52. The van der Waals surface area contributed by atoms with E-state index in [2.05, 4.69) is 5.32 Å². The van der Waals surface area contributed by atoms with Gasteiger partial charge in [0.1, 0.15) is 5.75 Å². The van der Waals surface area contributed by atoms with Crippen molar-refractivity contribution in [1.29, 1.82) is 0 Å². The van der Waals surface area contributed by atoms with Gasteiger partial charge in [0.05, 0.1) is 12.3 Å². The fraction of sp³-hybridized carbons (Fsp3) is 0.500. The summed E-state index contributed by atoms with van der Waals surface area (Å²) in [6.07, 6.45) is 2.36. The van der Waals surface area contributed by atoms with E-state index in [1.807, 2.05) is 38.1 Å². The van der Waals surface area contributed by atoms with Crippen LogP contribution in [0.3, 0.4) is 0 Å². The molecular formula is C14H19NO2. The zero-order valence-corrected chi connectivity index (χ0v) is 10.4. The number of hydrogen-bond donors (Lipinski definition) is 1. The topological polar surface area (TPSA) is 38.3 Å². The van der Waals surface area contributed by atoms with Crippen molar-refractivity contribution < 1.29 is 9.53 Å². The Hall–Kier alpha value is -1.51. The molecule has 1 aliphatic rings. The molecule has 1 saturated carbocycles. The maximum absolute atomic E-state index is 12.0. The largest absolute Gasteiger partial charge is 0.492 e. The molecule has 0 saturated heterocycles. The number of carbonyl (C=O) groups is 1. The minimum atomic E-state index is 0.0969. The highest BCUT2D eigenvalue weighted by Crippen LogP contribution is 2.37. The Balaban J connectivity index is 2.03. The van der Waals surface area contributed by atoms with Gasteiger partial charge in [-0.15, -0.1) is 0 Å². The molecule has 1 aromatic rings. The van der Waals surface area contributed by atoms with Crippen LogP contribution in [0.1, 0.15) is 26.7 Å². The van der Waals surface area contributed by atoms with Crippen LogP contribution in [0, 0.1) is 11.8 Å². The minimum Gasteiger partial charge on any atom is -0.492 e. The molecule has 0 bridgehead atoms. The van der Waals surface area contributed by atoms with Crippen LogP contribution < -0.4 is 10.1 Å². The summed E-state index contributed by atoms with van der Waals surface area (Å²) in [6.45, 7) is 4.53. The van der Waals surface area contributed by atoms with Crippen LogP contribution in [0.15, 0.2) is 24.3 Å². The molecule has 1 unspecified atom stereocenters. The van der Waals surface area contributed by atoms with Crippen LogP contribution in [0.4, 0.5) is 5.69 Å². The van der Waals surface area contributed by atoms with Gasteiger partial charge in [-0.3, -0.25) is 4.79 Å². The molecule has 0 heterocycles. The van der Waals surface area contributed by atoms with Crippen LogP contribution in [-0.4, -0.2) is 12.5 Å². The monoisotopic (exact) mass is 233 g/mol. The second-order valence-corrected chi connectivity index (χ2v) is 4.54. The Kier molecular flexibility index (Phi) is 3.67. The van der Waals surface area contributed by atoms with E-state index < -0.39 is 0 Å². The quantitative estimate of drug-likeness (QED) is 0.848. The first-order chi connectivity index (χ1) is 8.22. The van der Waals surface area contributed by atoms with Crippen molar-refractivity contribution in [2.75, 3.05) is 11.9 Å². The van der Waals surface area contributed by atoms with Crippen molar-refractivity contribution in [3.05, 3.63) is 24.3 Å². The van der Waals surface area contributed by atoms with E-state index in [9.17, 15) is 4.79 Å². The zero-order valence-electron chi connectivity index (χ0n) is 10.4. The molecule has 1 atom stereocenters. The van der Waals surface area contributed by atoms with Gasteiger partial charge < -0.3 is 10.1 Å². The van der Waals surface area contributed by atoms with Crippen molar-refractivity contribution >= 4 is 11.6 Å². The van der Waals surface area contributed by atoms with Crippen molar-refractivity contribution in [3.8, 4) is 5.75 Å². The highest BCUT2D eigenvalue weighted by molar-refractivity contribution is 5.94. The van der Waals surface area contributed by atoms with Crippen LogP contribution in [0.5, 0.6) is 5.75 Å². The Labute approximate surface area is 102 Å². The number of amides is 1. The summed E-state index contributed by atoms with van der Waals surface area (Å²) < 4.78 is 5.48. The first-order valence-corrected chi connectivity index (χ1v) is 6.25. The van der Waals surface area contributed by atoms with Crippen LogP contribution in [0.2, 0.25) is 0 Å². The van der Waals surface area contributed by atoms with Gasteiger partial charge in [0, 0.05) is 5.92 Å². The predicted octanol–water partition coefficient (Wildman–Crippen LogP) is 3.07. The van der Waals surface area contributed by atoms with Crippen molar-refractivity contribution in [1.82, 2.24) is 0 Å². The molecule has 1 fully saturated rings. The summed E-state index contributed by atoms with van der Waals surface area (Å²) in [7, 11) is 0. The number of nitrogens with one attached hydrogen (secondary N) is 1. The van der Waals surface area contributed by atoms with Gasteiger partial charge in [-0.1, -0.05) is 19.1 Å². The average Bonchev–Trinajstić information content (AvgIpc) is 3.15. The average molecular weight is 233 g/mol. The third-order valence-electron chi connectivity index (χ3n) is 3.19. The van der Waals surface area contributed by atoms with E-state index >= 15 is 0 Å². The first-order valence-electron chi connectivity index (χ1n) is 6.25. The number of ether oxygens (including phenoxy) is 1. The molecule has 1 aliphatic carbocycles. The van der Waals surface area contributed by atoms with Gasteiger partial charge in [0.25, 0.3) is 0 Å². The number of benzene rings is 1. The standard InChI is InChI=1S/C14H19NO2/c1-3-17-13-7-5-4-6-12(13)15-14(16)10(2)11-8-9-11/h4-7,10-11H,3,8-9H2,1-2H3,(H,15,16). The lowest BCUT2D eigenvalue weighted by Gasteiger charge is -2.14. The molecule has 0 radical (unpaired) electrons. The molecule has 3 heteroatoms. The van der Waals surface area contributed by atoms with E-state index in [0.29, 0.717) is 12.5 Å². The summed E-state index contributed by atoms with van der Waals surface area (Å²) in [6, 6.07) is 7.56. The van der Waals surface area contributed by atoms with Gasteiger partial charge >= 0.3 is 0 Å². The van der Waals surface area contributed by atoms with E-state index in [4.69, 9.17) is 4.74 Å². The molecule has 2 rings (SSSR count). The number of hydrogen-bond acceptors (Lipinski definition) is 2. The molecule has 0 aliphatic heterocycles. The number of anilines is 1. The maximum atomic E-state index is 12.0. The Morgan fingerprint density at radius 1 is 1.47 bits per heavy atom. The highest BCUT2D eigenvalue weighted by Gasteiger charge is 2.32. The summed E-state index contributed by atoms with van der Waals surface area (Å²) in [4.78, 5) is 12.0. The minimum absolute atomic E-state index is 0.0969. The van der Waals surface area contributed by atoms with E-state index in [0.717, 1.165) is 11.4 Å². The van der Waals surface area contributed by atoms with Crippen LogP contribution >= 0.6 is 0 Å². The molecule has 0 aromatic heterocycles. The summed E-state index contributed by atoms with van der Waals surface area (Å²) in [5.41, 5.74) is 0.770. The van der Waals surface area contributed by atoms with Crippen molar-refractivity contribution in [2.24, 2.45) is 11.8 Å². The van der Waals surface area contributed by atoms with E-state index in [1.54, 1.807) is 0 Å². The zero-order chi connectivity index (χ0) is 12.3. The van der Waals surface area contributed by atoms with Crippen LogP contribution in [-0.2, 0) is 4.79 Å². The third kappa shape index (κ3) is 2.99. The Bertz CT molecular complexity index is 399. The Morgan fingerprint density at radius 2 is 2.18 bits per heavy atom. The normalized spacial score (nSPS) is 16.4. The van der Waals surface area contributed by atoms with Gasteiger partial charge in [-0.2, -0.15) is 0 Å². The lowest BCUT2D eigenvalue weighted by atomic mass is 10.1. The van der Waals surface area contributed by atoms with E-state index in [-0.39, 0.29) is 11.8 Å². The lowest BCUT2D eigenvalue weighted by molar-refractivity contribution is -0.119. The van der Waals surface area contributed by atoms with Crippen LogP contribution in [0.25, 0.3) is 0 Å². The maximum Gasteiger partial charge on any atom is 0.227 e. The van der Waals surface area contributed by atoms with Gasteiger partial charge in [0.15, 0.2) is 0 Å².